The van der Waals surface area contributed by atoms with Gasteiger partial charge >= 0.3 is 19.6 Å². The number of fused-ring (bicyclic) bond motifs is 1. The van der Waals surface area contributed by atoms with E-state index in [-0.39, 0.29) is 37.0 Å². The van der Waals surface area contributed by atoms with Crippen molar-refractivity contribution in [2.75, 3.05) is 19.5 Å². The summed E-state index contributed by atoms with van der Waals surface area (Å²) < 4.78 is 44.9. The first-order valence-corrected chi connectivity index (χ1v) is 19.1. The first-order valence-electron chi connectivity index (χ1n) is 17.5. The Morgan fingerprint density at radius 1 is 0.852 bits per heavy atom. The van der Waals surface area contributed by atoms with E-state index in [2.05, 4.69) is 25.1 Å². The van der Waals surface area contributed by atoms with Crippen LogP contribution >= 0.6 is 7.67 Å². The molecule has 6 N–H and O–H groups in total. The van der Waals surface area contributed by atoms with E-state index in [1.807, 2.05) is 12.1 Å². The average molecular weight is 772 g/mol. The van der Waals surface area contributed by atoms with Crippen LogP contribution in [0, 0.1) is 0 Å². The Kier molecular flexibility index (Phi) is 15.4. The number of aliphatic hydroxyl groups excluding tert-OH is 2. The summed E-state index contributed by atoms with van der Waals surface area (Å²) in [7, 11) is -3.11. The van der Waals surface area contributed by atoms with E-state index in [0.717, 1.165) is 11.1 Å². The van der Waals surface area contributed by atoms with Crippen LogP contribution in [0.4, 0.5) is 5.95 Å². The standard InChI is InChI=1S/C36H50N7O10P/c1-22(2)52-34(46)27(17-25-13-9-7-10-14-25)41-54(48,42-28(35(47)53-23(3)4)18-26-15-11-8-12-16-26)51-19-29(31(45)24(5)44)50-21-43-20-38-30-32(43)39-36(37)40-33(30)49-6/h7-16,20,22-24,27-29,31,44-45H,17-19,21H2,1-6H3,(H2,37,39,40)(H2,41,42,48)/t24?,27?,28?,29-,31-,54?/m1/s1. The Balaban J connectivity index is 1.69. The first-order chi connectivity index (χ1) is 25.7. The van der Waals surface area contributed by atoms with Gasteiger partial charge in [0.1, 0.15) is 31.0 Å². The minimum atomic E-state index is -4.51. The minimum Gasteiger partial charge on any atom is -0.479 e. The summed E-state index contributed by atoms with van der Waals surface area (Å²) in [6.07, 6.45) is -3.74. The smallest absolute Gasteiger partial charge is 0.342 e. The molecule has 2 aromatic carbocycles. The number of nitrogen functional groups attached to an aromatic ring is 1. The Morgan fingerprint density at radius 2 is 1.37 bits per heavy atom. The van der Waals surface area contributed by atoms with Crippen LogP contribution < -0.4 is 20.6 Å². The van der Waals surface area contributed by atoms with Gasteiger partial charge in [0, 0.05) is 0 Å². The zero-order valence-corrected chi connectivity index (χ0v) is 32.1. The highest BCUT2D eigenvalue weighted by Gasteiger charge is 2.39. The predicted octanol–water partition coefficient (Wildman–Crippen LogP) is 2.93. The van der Waals surface area contributed by atoms with Crippen molar-refractivity contribution in [3.05, 3.63) is 78.1 Å². The highest BCUT2D eigenvalue weighted by Crippen LogP contribution is 2.41. The summed E-state index contributed by atoms with van der Waals surface area (Å²) >= 11 is 0. The maximum Gasteiger partial charge on any atom is 0.342 e. The van der Waals surface area contributed by atoms with Gasteiger partial charge in [-0.25, -0.2) is 15.2 Å². The molecule has 0 aliphatic rings. The number of nitrogens with zero attached hydrogens (tertiary/aromatic N) is 4. The number of esters is 2. The number of carbonyl (C=O) groups is 2. The third kappa shape index (κ3) is 12.3. The second-order valence-electron chi connectivity index (χ2n) is 13.1. The van der Waals surface area contributed by atoms with Crippen molar-refractivity contribution in [2.24, 2.45) is 0 Å². The van der Waals surface area contributed by atoms with Crippen molar-refractivity contribution in [3.63, 3.8) is 0 Å². The van der Waals surface area contributed by atoms with Crippen LogP contribution in [0.15, 0.2) is 67.0 Å². The molecular weight excluding hydrogens is 721 g/mol. The molecule has 0 spiro atoms. The maximum absolute atomic E-state index is 15.1. The number of benzene rings is 2. The average Bonchev–Trinajstić information content (AvgIpc) is 3.53. The molecule has 18 heteroatoms. The zero-order valence-electron chi connectivity index (χ0n) is 31.2. The molecule has 3 unspecified atom stereocenters. The third-order valence-corrected chi connectivity index (χ3v) is 9.67. The van der Waals surface area contributed by atoms with E-state index in [4.69, 9.17) is 29.2 Å². The van der Waals surface area contributed by atoms with E-state index >= 15 is 4.57 Å². The van der Waals surface area contributed by atoms with Gasteiger partial charge < -0.3 is 39.4 Å². The Morgan fingerprint density at radius 3 is 1.83 bits per heavy atom. The van der Waals surface area contributed by atoms with Crippen LogP contribution in [-0.2, 0) is 52.5 Å². The monoisotopic (exact) mass is 771 g/mol. The number of aromatic nitrogens is 4. The van der Waals surface area contributed by atoms with Gasteiger partial charge in [-0.05, 0) is 58.6 Å². The lowest BCUT2D eigenvalue weighted by Gasteiger charge is -2.31. The summed E-state index contributed by atoms with van der Waals surface area (Å²) in [5, 5.41) is 27.1. The van der Waals surface area contributed by atoms with Crippen LogP contribution in [0.3, 0.4) is 0 Å². The third-order valence-electron chi connectivity index (χ3n) is 7.86. The fourth-order valence-electron chi connectivity index (χ4n) is 5.30. The lowest BCUT2D eigenvalue weighted by molar-refractivity contribution is -0.150. The van der Waals surface area contributed by atoms with Gasteiger partial charge in [0.05, 0.1) is 38.4 Å². The van der Waals surface area contributed by atoms with Crippen LogP contribution in [0.2, 0.25) is 0 Å². The van der Waals surface area contributed by atoms with Gasteiger partial charge in [-0.15, -0.1) is 0 Å². The lowest BCUT2D eigenvalue weighted by atomic mass is 10.1. The van der Waals surface area contributed by atoms with Crippen molar-refractivity contribution in [2.45, 2.75) is 96.8 Å². The number of nitrogens with one attached hydrogen (secondary N) is 2. The van der Waals surface area contributed by atoms with Crippen molar-refractivity contribution in [1.82, 2.24) is 29.7 Å². The molecule has 0 saturated carbocycles. The van der Waals surface area contributed by atoms with Gasteiger partial charge in [0.2, 0.25) is 11.8 Å². The molecule has 2 heterocycles. The van der Waals surface area contributed by atoms with Crippen LogP contribution in [0.25, 0.3) is 11.2 Å². The molecule has 0 saturated heterocycles. The molecule has 5 atom stereocenters. The number of hydrogen-bond donors (Lipinski definition) is 5. The number of methoxy groups -OCH3 is 1. The number of aliphatic hydroxyl groups is 2. The SMILES string of the molecule is COc1nc(N)nc2c1ncn2CO[C@H](COP(=O)(NC(Cc1ccccc1)C(=O)OC(C)C)NC(Cc1ccccc1)C(=O)OC(C)C)[C@H](O)C(C)O. The summed E-state index contributed by atoms with van der Waals surface area (Å²) in [6.45, 7) is 7.19. The molecular formula is C36H50N7O10P. The summed E-state index contributed by atoms with van der Waals surface area (Å²) in [4.78, 5) is 39.5. The molecule has 17 nitrogen and oxygen atoms in total. The molecule has 0 bridgehead atoms. The second-order valence-corrected chi connectivity index (χ2v) is 15.0. The van der Waals surface area contributed by atoms with E-state index in [0.29, 0.717) is 5.52 Å². The van der Waals surface area contributed by atoms with Crippen LogP contribution in [-0.4, -0.2) is 98.0 Å². The molecule has 2 aromatic heterocycles. The topological polar surface area (TPSA) is 231 Å². The minimum absolute atomic E-state index is 0.0413. The highest BCUT2D eigenvalue weighted by atomic mass is 31.2. The highest BCUT2D eigenvalue weighted by molar-refractivity contribution is 7.54. The molecule has 0 amide bonds. The maximum atomic E-state index is 15.1. The van der Waals surface area contributed by atoms with Gasteiger partial charge in [0.15, 0.2) is 11.2 Å². The number of ether oxygens (including phenoxy) is 4. The van der Waals surface area contributed by atoms with Crippen LogP contribution in [0.1, 0.15) is 45.7 Å². The van der Waals surface area contributed by atoms with Crippen molar-refractivity contribution >= 4 is 36.7 Å². The zero-order chi connectivity index (χ0) is 39.4. The molecule has 4 aromatic rings. The Labute approximate surface area is 314 Å². The Bertz CT molecular complexity index is 1770. The molecule has 54 heavy (non-hydrogen) atoms. The number of carbonyl (C=O) groups excluding carboxylic acids is 2. The number of nitrogens with two attached hydrogens (primary N) is 1. The predicted molar refractivity (Wildman–Crippen MR) is 199 cm³/mol. The van der Waals surface area contributed by atoms with Crippen molar-refractivity contribution in [3.8, 4) is 5.88 Å². The Hall–Kier alpha value is -4.48. The largest absolute Gasteiger partial charge is 0.479 e. The van der Waals surface area contributed by atoms with Gasteiger partial charge in [-0.2, -0.15) is 9.97 Å². The number of hydrogen-bond acceptors (Lipinski definition) is 14. The van der Waals surface area contributed by atoms with Gasteiger partial charge in [-0.1, -0.05) is 60.7 Å². The first kappa shape index (κ1) is 42.3. The summed E-state index contributed by atoms with van der Waals surface area (Å²) in [6, 6.07) is 15.6. The van der Waals surface area contributed by atoms with E-state index in [1.54, 1.807) is 76.2 Å². The lowest BCUT2D eigenvalue weighted by Crippen LogP contribution is -2.48. The van der Waals surface area contributed by atoms with Crippen molar-refractivity contribution < 1.29 is 47.8 Å². The van der Waals surface area contributed by atoms with Crippen molar-refractivity contribution in [1.29, 1.82) is 0 Å². The van der Waals surface area contributed by atoms with E-state index < -0.39 is 68.8 Å². The molecule has 0 aliphatic heterocycles. The molecule has 4 rings (SSSR count). The normalized spacial score (nSPS) is 15.7. The fourth-order valence-corrected chi connectivity index (χ4v) is 7.09. The quantitative estimate of drug-likeness (QED) is 0.0606. The molecule has 294 valence electrons. The fraction of sp³-hybridized carbons (Fsp3) is 0.472. The molecule has 0 radical (unpaired) electrons. The molecule has 0 fully saturated rings. The number of anilines is 1. The summed E-state index contributed by atoms with van der Waals surface area (Å²) in [5.41, 5.74) is 7.86. The summed E-state index contributed by atoms with van der Waals surface area (Å²) in [5.74, 6) is -1.38. The molecule has 0 aliphatic carbocycles. The van der Waals surface area contributed by atoms with Gasteiger partial charge in [-0.3, -0.25) is 18.7 Å². The van der Waals surface area contributed by atoms with Gasteiger partial charge in [0.25, 0.3) is 0 Å². The number of imidazole rings is 1. The van der Waals surface area contributed by atoms with E-state index in [9.17, 15) is 19.8 Å². The van der Waals surface area contributed by atoms with E-state index in [1.165, 1.54) is 24.9 Å². The number of rotatable bonds is 21. The second kappa shape index (κ2) is 19.7. The van der Waals surface area contributed by atoms with Crippen LogP contribution in [0.5, 0.6) is 5.88 Å².